The van der Waals surface area contributed by atoms with Crippen LogP contribution in [0.25, 0.3) is 0 Å². The van der Waals surface area contributed by atoms with Crippen LogP contribution >= 0.6 is 0 Å². The normalized spacial score (nSPS) is 19.1. The summed E-state index contributed by atoms with van der Waals surface area (Å²) in [5.41, 5.74) is 2.60. The first-order valence-electron chi connectivity index (χ1n) is 7.61. The van der Waals surface area contributed by atoms with E-state index in [1.54, 1.807) is 0 Å². The Hall–Kier alpha value is -1.35. The molecule has 0 aliphatic carbocycles. The number of nitrogens with one attached hydrogen (secondary N) is 2. The molecule has 0 aromatic heterocycles. The van der Waals surface area contributed by atoms with Gasteiger partial charge < -0.3 is 10.6 Å². The van der Waals surface area contributed by atoms with E-state index in [2.05, 4.69) is 55.7 Å². The van der Waals surface area contributed by atoms with Crippen LogP contribution in [0.4, 0.5) is 0 Å². The summed E-state index contributed by atoms with van der Waals surface area (Å²) in [5.74, 6) is 0.335. The van der Waals surface area contributed by atoms with Crippen LogP contribution in [-0.4, -0.2) is 25.5 Å². The molecule has 1 heterocycles. The molecule has 1 aliphatic heterocycles. The fourth-order valence-corrected chi connectivity index (χ4v) is 2.62. The van der Waals surface area contributed by atoms with Crippen LogP contribution in [-0.2, 0) is 16.6 Å². The third-order valence-corrected chi connectivity index (χ3v) is 4.28. The Morgan fingerprint density at radius 2 is 2.05 bits per heavy atom. The van der Waals surface area contributed by atoms with Gasteiger partial charge >= 0.3 is 0 Å². The quantitative estimate of drug-likeness (QED) is 0.864. The van der Waals surface area contributed by atoms with E-state index in [0.717, 1.165) is 25.9 Å². The van der Waals surface area contributed by atoms with Crippen molar-refractivity contribution in [3.63, 3.8) is 0 Å². The van der Waals surface area contributed by atoms with Gasteiger partial charge in [-0.25, -0.2) is 0 Å². The van der Waals surface area contributed by atoms with Crippen molar-refractivity contribution in [2.75, 3.05) is 19.6 Å². The summed E-state index contributed by atoms with van der Waals surface area (Å²) in [6.07, 6.45) is 2.02. The summed E-state index contributed by atoms with van der Waals surface area (Å²) < 4.78 is 0. The maximum Gasteiger partial charge on any atom is 0.224 e. The third kappa shape index (κ3) is 3.60. The van der Waals surface area contributed by atoms with Crippen molar-refractivity contribution in [2.45, 2.75) is 39.0 Å². The predicted molar refractivity (Wildman–Crippen MR) is 82.8 cm³/mol. The zero-order valence-electron chi connectivity index (χ0n) is 12.8. The van der Waals surface area contributed by atoms with Gasteiger partial charge in [0.1, 0.15) is 0 Å². The molecule has 0 bridgehead atoms. The molecule has 1 fully saturated rings. The summed E-state index contributed by atoms with van der Waals surface area (Å²) in [7, 11) is 0. The Bertz CT molecular complexity index is 445. The van der Waals surface area contributed by atoms with Crippen LogP contribution in [0.1, 0.15) is 38.3 Å². The summed E-state index contributed by atoms with van der Waals surface area (Å²) in [6, 6.07) is 8.73. The highest BCUT2D eigenvalue weighted by Gasteiger charge is 2.26. The molecule has 1 saturated heterocycles. The van der Waals surface area contributed by atoms with Gasteiger partial charge in [-0.15, -0.1) is 0 Å². The predicted octanol–water partition coefficient (Wildman–Crippen LogP) is 2.25. The van der Waals surface area contributed by atoms with Gasteiger partial charge in [0.05, 0.1) is 5.92 Å². The van der Waals surface area contributed by atoms with Crippen LogP contribution in [0, 0.1) is 5.92 Å². The molecule has 1 unspecified atom stereocenters. The minimum atomic E-state index is -0.0338. The van der Waals surface area contributed by atoms with Gasteiger partial charge in [0.25, 0.3) is 0 Å². The molecule has 1 amide bonds. The van der Waals surface area contributed by atoms with Crippen molar-refractivity contribution in [2.24, 2.45) is 5.92 Å². The largest absolute Gasteiger partial charge is 0.355 e. The molecule has 0 saturated carbocycles. The first-order chi connectivity index (χ1) is 9.53. The highest BCUT2D eigenvalue weighted by Crippen LogP contribution is 2.23. The average Bonchev–Trinajstić information content (AvgIpc) is 2.99. The third-order valence-electron chi connectivity index (χ3n) is 4.28. The van der Waals surface area contributed by atoms with Gasteiger partial charge in [0, 0.05) is 18.5 Å². The highest BCUT2D eigenvalue weighted by atomic mass is 16.1. The van der Waals surface area contributed by atoms with Crippen molar-refractivity contribution in [3.8, 4) is 0 Å². The Balaban J connectivity index is 1.93. The molecular formula is C17H26N2O. The number of hydrogen-bond acceptors (Lipinski definition) is 2. The minimum Gasteiger partial charge on any atom is -0.355 e. The van der Waals surface area contributed by atoms with Crippen molar-refractivity contribution in [1.29, 1.82) is 0 Å². The highest BCUT2D eigenvalue weighted by molar-refractivity contribution is 5.79. The molecule has 3 heteroatoms. The minimum absolute atomic E-state index is 0.0338. The average molecular weight is 274 g/mol. The van der Waals surface area contributed by atoms with E-state index in [1.807, 2.05) is 0 Å². The van der Waals surface area contributed by atoms with Gasteiger partial charge in [-0.2, -0.15) is 0 Å². The number of carbonyl (C=O) groups is 1. The number of aryl methyl sites for hydroxylation is 1. The van der Waals surface area contributed by atoms with Gasteiger partial charge in [0.15, 0.2) is 0 Å². The molecule has 1 aromatic rings. The molecular weight excluding hydrogens is 248 g/mol. The summed E-state index contributed by atoms with van der Waals surface area (Å²) >= 11 is 0. The Morgan fingerprint density at radius 3 is 2.60 bits per heavy atom. The van der Waals surface area contributed by atoms with Crippen LogP contribution in [0.2, 0.25) is 0 Å². The Kier molecular flexibility index (Phi) is 4.81. The van der Waals surface area contributed by atoms with E-state index in [9.17, 15) is 4.79 Å². The second kappa shape index (κ2) is 6.40. The zero-order chi connectivity index (χ0) is 14.6. The van der Waals surface area contributed by atoms with E-state index >= 15 is 0 Å². The monoisotopic (exact) mass is 274 g/mol. The number of rotatable bonds is 5. The van der Waals surface area contributed by atoms with E-state index in [1.165, 1.54) is 11.1 Å². The smallest absolute Gasteiger partial charge is 0.224 e. The van der Waals surface area contributed by atoms with Crippen LogP contribution < -0.4 is 10.6 Å². The fraction of sp³-hybridized carbons (Fsp3) is 0.588. The molecule has 110 valence electrons. The fourth-order valence-electron chi connectivity index (χ4n) is 2.62. The van der Waals surface area contributed by atoms with E-state index < -0.39 is 0 Å². The second-order valence-corrected chi connectivity index (χ2v) is 6.34. The summed E-state index contributed by atoms with van der Waals surface area (Å²) in [4.78, 5) is 12.1. The molecule has 1 atom stereocenters. The zero-order valence-corrected chi connectivity index (χ0v) is 12.8. The lowest BCUT2D eigenvalue weighted by Crippen LogP contribution is -2.40. The van der Waals surface area contributed by atoms with Crippen molar-refractivity contribution in [1.82, 2.24) is 10.6 Å². The second-order valence-electron chi connectivity index (χ2n) is 6.34. The lowest BCUT2D eigenvalue weighted by atomic mass is 9.84. The molecule has 1 aliphatic rings. The first kappa shape index (κ1) is 15.0. The van der Waals surface area contributed by atoms with Crippen LogP contribution in [0.5, 0.6) is 0 Å². The van der Waals surface area contributed by atoms with E-state index in [0.29, 0.717) is 6.54 Å². The number of hydrogen-bond donors (Lipinski definition) is 2. The molecule has 2 N–H and O–H groups in total. The van der Waals surface area contributed by atoms with Crippen molar-refractivity contribution in [3.05, 3.63) is 35.4 Å². The standard InChI is InChI=1S/C17H26N2O/c1-4-13-5-7-15(8-6-13)17(2,3)12-19-16(20)14-9-10-18-11-14/h5-8,14,18H,4,9-12H2,1-3H3,(H,19,20). The maximum atomic E-state index is 12.1. The molecule has 1 aromatic carbocycles. The number of benzene rings is 1. The van der Waals surface area contributed by atoms with Crippen molar-refractivity contribution < 1.29 is 4.79 Å². The van der Waals surface area contributed by atoms with Gasteiger partial charge in [-0.1, -0.05) is 45.0 Å². The topological polar surface area (TPSA) is 41.1 Å². The lowest BCUT2D eigenvalue weighted by molar-refractivity contribution is -0.124. The molecule has 20 heavy (non-hydrogen) atoms. The first-order valence-corrected chi connectivity index (χ1v) is 7.61. The summed E-state index contributed by atoms with van der Waals surface area (Å²) in [5, 5.41) is 6.35. The maximum absolute atomic E-state index is 12.1. The van der Waals surface area contributed by atoms with Gasteiger partial charge in [-0.3, -0.25) is 4.79 Å². The Morgan fingerprint density at radius 1 is 1.35 bits per heavy atom. The van der Waals surface area contributed by atoms with E-state index in [-0.39, 0.29) is 17.2 Å². The van der Waals surface area contributed by atoms with Crippen LogP contribution in [0.15, 0.2) is 24.3 Å². The van der Waals surface area contributed by atoms with Crippen LogP contribution in [0.3, 0.4) is 0 Å². The van der Waals surface area contributed by atoms with Gasteiger partial charge in [0.2, 0.25) is 5.91 Å². The number of amides is 1. The van der Waals surface area contributed by atoms with Crippen molar-refractivity contribution >= 4 is 5.91 Å². The molecule has 3 nitrogen and oxygen atoms in total. The molecule has 0 radical (unpaired) electrons. The molecule has 0 spiro atoms. The summed E-state index contributed by atoms with van der Waals surface area (Å²) in [6.45, 7) is 8.99. The molecule has 2 rings (SSSR count). The number of carbonyl (C=O) groups excluding carboxylic acids is 1. The lowest BCUT2D eigenvalue weighted by Gasteiger charge is -2.26. The van der Waals surface area contributed by atoms with E-state index in [4.69, 9.17) is 0 Å². The Labute approximate surface area is 122 Å². The SMILES string of the molecule is CCc1ccc(C(C)(C)CNC(=O)C2CCNC2)cc1. The van der Waals surface area contributed by atoms with Gasteiger partial charge in [-0.05, 0) is 30.5 Å².